The predicted octanol–water partition coefficient (Wildman–Crippen LogP) is 1.84. The lowest BCUT2D eigenvalue weighted by Crippen LogP contribution is -2.53. The zero-order chi connectivity index (χ0) is 22.6. The molecule has 2 saturated heterocycles. The molecule has 4 amide bonds. The lowest BCUT2D eigenvalue weighted by Gasteiger charge is -2.34. The van der Waals surface area contributed by atoms with Crippen LogP contribution < -0.4 is 10.7 Å². The molecule has 32 heavy (non-hydrogen) atoms. The van der Waals surface area contributed by atoms with E-state index in [2.05, 4.69) is 33.2 Å². The van der Waals surface area contributed by atoms with Crippen LogP contribution in [-0.2, 0) is 22.6 Å². The second-order valence-corrected chi connectivity index (χ2v) is 9.59. The molecule has 2 aliphatic heterocycles. The van der Waals surface area contributed by atoms with Gasteiger partial charge in [0.25, 0.3) is 11.8 Å². The third-order valence-electron chi connectivity index (χ3n) is 6.05. The van der Waals surface area contributed by atoms with Crippen molar-refractivity contribution in [2.75, 3.05) is 32.7 Å². The Morgan fingerprint density at radius 3 is 2.47 bits per heavy atom. The van der Waals surface area contributed by atoms with Gasteiger partial charge in [-0.15, -0.1) is 11.3 Å². The molecule has 1 atom stereocenters. The van der Waals surface area contributed by atoms with Crippen molar-refractivity contribution in [3.63, 3.8) is 0 Å². The number of rotatable bonds is 8. The number of hydrogen-bond acceptors (Lipinski definition) is 6. The van der Waals surface area contributed by atoms with Crippen molar-refractivity contribution in [3.8, 4) is 0 Å². The zero-order valence-corrected chi connectivity index (χ0v) is 19.1. The van der Waals surface area contributed by atoms with E-state index in [0.29, 0.717) is 12.8 Å². The lowest BCUT2D eigenvalue weighted by atomic mass is 9.93. The molecule has 0 radical (unpaired) electrons. The molecule has 170 valence electrons. The number of amides is 4. The van der Waals surface area contributed by atoms with E-state index in [0.717, 1.165) is 43.3 Å². The van der Waals surface area contributed by atoms with Gasteiger partial charge in [0.1, 0.15) is 5.54 Å². The molecule has 2 aromatic rings. The van der Waals surface area contributed by atoms with Crippen molar-refractivity contribution in [2.45, 2.75) is 31.8 Å². The Labute approximate surface area is 192 Å². The van der Waals surface area contributed by atoms with E-state index in [1.54, 1.807) is 18.3 Å². The van der Waals surface area contributed by atoms with Crippen LogP contribution in [0.5, 0.6) is 0 Å². The third kappa shape index (κ3) is 5.35. The summed E-state index contributed by atoms with van der Waals surface area (Å²) in [6.45, 7) is 6.10. The average molecular weight is 456 g/mol. The Kier molecular flexibility index (Phi) is 6.88. The standard InChI is InChI=1S/C23H29N5O3S/c1-23(10-9-18-6-3-2-4-7-18)21(30)28(22(31)24-23)25-20(29)17-27-13-11-26(12-14-27)16-19-8-5-15-32-19/h2-8,15H,9-14,16-17H2,1H3,(H,24,31)(H,25,29)/t23-/m1/s1. The van der Waals surface area contributed by atoms with Crippen LogP contribution in [0.3, 0.4) is 0 Å². The molecule has 4 rings (SSSR count). The summed E-state index contributed by atoms with van der Waals surface area (Å²) in [6.07, 6.45) is 1.11. The average Bonchev–Trinajstić information content (AvgIpc) is 3.37. The number of nitrogens with one attached hydrogen (secondary N) is 2. The van der Waals surface area contributed by atoms with Crippen LogP contribution in [0.2, 0.25) is 0 Å². The predicted molar refractivity (Wildman–Crippen MR) is 123 cm³/mol. The van der Waals surface area contributed by atoms with E-state index in [9.17, 15) is 14.4 Å². The molecule has 2 aliphatic rings. The van der Waals surface area contributed by atoms with E-state index in [4.69, 9.17) is 0 Å². The second kappa shape index (κ2) is 9.81. The second-order valence-electron chi connectivity index (χ2n) is 8.56. The van der Waals surface area contributed by atoms with Gasteiger partial charge in [-0.25, -0.2) is 4.79 Å². The molecule has 0 spiro atoms. The number of carbonyl (C=O) groups excluding carboxylic acids is 3. The van der Waals surface area contributed by atoms with Gasteiger partial charge < -0.3 is 5.32 Å². The topological polar surface area (TPSA) is 85.0 Å². The Morgan fingerprint density at radius 2 is 1.78 bits per heavy atom. The SMILES string of the molecule is C[C@]1(CCc2ccccc2)NC(=O)N(NC(=O)CN2CCN(Cc3cccs3)CC2)C1=O. The fourth-order valence-corrected chi connectivity index (χ4v) is 4.83. The van der Waals surface area contributed by atoms with E-state index in [1.165, 1.54) is 4.88 Å². The van der Waals surface area contributed by atoms with Crippen LogP contribution in [0.1, 0.15) is 23.8 Å². The minimum atomic E-state index is -1.03. The summed E-state index contributed by atoms with van der Waals surface area (Å²) >= 11 is 1.75. The van der Waals surface area contributed by atoms with Gasteiger partial charge in [-0.05, 0) is 36.8 Å². The molecule has 0 bridgehead atoms. The van der Waals surface area contributed by atoms with Crippen LogP contribution in [0, 0.1) is 0 Å². The van der Waals surface area contributed by atoms with Crippen molar-refractivity contribution in [3.05, 3.63) is 58.3 Å². The van der Waals surface area contributed by atoms with Crippen LogP contribution in [-0.4, -0.2) is 70.9 Å². The highest BCUT2D eigenvalue weighted by Gasteiger charge is 2.48. The van der Waals surface area contributed by atoms with Crippen molar-refractivity contribution in [1.29, 1.82) is 0 Å². The minimum absolute atomic E-state index is 0.157. The molecule has 2 fully saturated rings. The number of aryl methyl sites for hydroxylation is 1. The first kappa shape index (κ1) is 22.4. The first-order valence-electron chi connectivity index (χ1n) is 10.9. The first-order chi connectivity index (χ1) is 15.4. The summed E-state index contributed by atoms with van der Waals surface area (Å²) < 4.78 is 0. The number of hydrogen-bond donors (Lipinski definition) is 2. The number of piperazine rings is 1. The summed E-state index contributed by atoms with van der Waals surface area (Å²) in [4.78, 5) is 43.6. The molecule has 0 unspecified atom stereocenters. The Bertz CT molecular complexity index is 944. The molecule has 2 N–H and O–H groups in total. The fourth-order valence-electron chi connectivity index (χ4n) is 4.09. The summed E-state index contributed by atoms with van der Waals surface area (Å²) in [5.41, 5.74) is 2.57. The van der Waals surface area contributed by atoms with Crippen molar-refractivity contribution in [2.24, 2.45) is 0 Å². The highest BCUT2D eigenvalue weighted by molar-refractivity contribution is 7.09. The molecule has 0 saturated carbocycles. The van der Waals surface area contributed by atoms with Gasteiger partial charge in [0.2, 0.25) is 0 Å². The van der Waals surface area contributed by atoms with Gasteiger partial charge in [0.15, 0.2) is 0 Å². The Balaban J connectivity index is 1.24. The van der Waals surface area contributed by atoms with Gasteiger partial charge in [-0.2, -0.15) is 5.01 Å². The van der Waals surface area contributed by atoms with Crippen molar-refractivity contribution < 1.29 is 14.4 Å². The van der Waals surface area contributed by atoms with Gasteiger partial charge in [-0.1, -0.05) is 36.4 Å². The maximum absolute atomic E-state index is 12.9. The summed E-state index contributed by atoms with van der Waals surface area (Å²) in [5.74, 6) is -0.778. The summed E-state index contributed by atoms with van der Waals surface area (Å²) in [7, 11) is 0. The normalized spacial score (nSPS) is 22.2. The Morgan fingerprint density at radius 1 is 1.06 bits per heavy atom. The van der Waals surface area contributed by atoms with Crippen LogP contribution in [0.15, 0.2) is 47.8 Å². The van der Waals surface area contributed by atoms with Crippen LogP contribution in [0.4, 0.5) is 4.79 Å². The van der Waals surface area contributed by atoms with Crippen molar-refractivity contribution in [1.82, 2.24) is 25.6 Å². The maximum Gasteiger partial charge on any atom is 0.344 e. The minimum Gasteiger partial charge on any atom is -0.322 e. The molecular formula is C23H29N5O3S. The third-order valence-corrected chi connectivity index (χ3v) is 6.91. The number of hydrazine groups is 1. The number of benzene rings is 1. The smallest absolute Gasteiger partial charge is 0.322 e. The van der Waals surface area contributed by atoms with Gasteiger partial charge in [0, 0.05) is 37.6 Å². The number of nitrogens with zero attached hydrogens (tertiary/aromatic N) is 3. The first-order valence-corrected chi connectivity index (χ1v) is 11.8. The number of carbonyl (C=O) groups is 3. The number of thiophene rings is 1. The molecule has 1 aromatic carbocycles. The fraction of sp³-hybridized carbons (Fsp3) is 0.435. The molecular weight excluding hydrogens is 426 g/mol. The van der Waals surface area contributed by atoms with Gasteiger partial charge in [-0.3, -0.25) is 24.8 Å². The molecule has 8 nitrogen and oxygen atoms in total. The van der Waals surface area contributed by atoms with E-state index < -0.39 is 17.5 Å². The highest BCUT2D eigenvalue weighted by Crippen LogP contribution is 2.22. The summed E-state index contributed by atoms with van der Waals surface area (Å²) in [6, 6.07) is 13.4. The molecule has 3 heterocycles. The Hall–Kier alpha value is -2.75. The quantitative estimate of drug-likeness (QED) is 0.594. The maximum atomic E-state index is 12.9. The summed E-state index contributed by atoms with van der Waals surface area (Å²) in [5, 5.41) is 5.65. The highest BCUT2D eigenvalue weighted by atomic mass is 32.1. The zero-order valence-electron chi connectivity index (χ0n) is 18.3. The molecule has 1 aromatic heterocycles. The lowest BCUT2D eigenvalue weighted by molar-refractivity contribution is -0.139. The molecule has 0 aliphatic carbocycles. The molecule has 9 heteroatoms. The van der Waals surface area contributed by atoms with E-state index >= 15 is 0 Å². The van der Waals surface area contributed by atoms with Gasteiger partial charge in [0.05, 0.1) is 6.54 Å². The van der Waals surface area contributed by atoms with E-state index in [1.807, 2.05) is 35.2 Å². The van der Waals surface area contributed by atoms with Crippen LogP contribution in [0.25, 0.3) is 0 Å². The number of urea groups is 1. The van der Waals surface area contributed by atoms with Crippen LogP contribution >= 0.6 is 11.3 Å². The van der Waals surface area contributed by atoms with E-state index in [-0.39, 0.29) is 12.5 Å². The van der Waals surface area contributed by atoms with Gasteiger partial charge >= 0.3 is 6.03 Å². The van der Waals surface area contributed by atoms with Crippen molar-refractivity contribution >= 4 is 29.2 Å². The largest absolute Gasteiger partial charge is 0.344 e. The monoisotopic (exact) mass is 455 g/mol. The number of imide groups is 1.